The van der Waals surface area contributed by atoms with Crippen molar-refractivity contribution in [3.63, 3.8) is 0 Å². The number of tetrazole rings is 1. The molecule has 6 heteroatoms. The van der Waals surface area contributed by atoms with Crippen LogP contribution in [-0.2, 0) is 11.3 Å². The summed E-state index contributed by atoms with van der Waals surface area (Å²) in [6.07, 6.45) is 4.40. The van der Waals surface area contributed by atoms with Crippen molar-refractivity contribution in [2.24, 2.45) is 5.92 Å². The smallest absolute Gasteiger partial charge is 0.240 e. The van der Waals surface area contributed by atoms with Crippen LogP contribution in [0.25, 0.3) is 0 Å². The molecular formula is C8H13N5O. The van der Waals surface area contributed by atoms with Gasteiger partial charge in [0.2, 0.25) is 5.95 Å². The van der Waals surface area contributed by atoms with Crippen LogP contribution in [0.4, 0.5) is 5.95 Å². The highest BCUT2D eigenvalue weighted by molar-refractivity contribution is 5.10. The van der Waals surface area contributed by atoms with Crippen molar-refractivity contribution in [1.82, 2.24) is 20.2 Å². The summed E-state index contributed by atoms with van der Waals surface area (Å²) < 4.78 is 7.41. The summed E-state index contributed by atoms with van der Waals surface area (Å²) in [6.45, 7) is 0.792. The van der Waals surface area contributed by atoms with Gasteiger partial charge in [-0.05, 0) is 29.7 Å². The highest BCUT2D eigenvalue weighted by Gasteiger charge is 2.41. The van der Waals surface area contributed by atoms with E-state index in [1.807, 2.05) is 0 Å². The SMILES string of the molecule is Nc1nnnn1CC1CC2CCC1O2. The van der Waals surface area contributed by atoms with Crippen molar-refractivity contribution in [2.75, 3.05) is 5.73 Å². The Hall–Kier alpha value is -1.17. The first-order valence-corrected chi connectivity index (χ1v) is 5.00. The van der Waals surface area contributed by atoms with E-state index in [1.165, 1.54) is 12.8 Å². The Balaban J connectivity index is 1.71. The Morgan fingerprint density at radius 2 is 2.43 bits per heavy atom. The summed E-state index contributed by atoms with van der Waals surface area (Å²) in [5, 5.41) is 11.0. The molecule has 3 atom stereocenters. The third-order valence-electron chi connectivity index (χ3n) is 3.20. The van der Waals surface area contributed by atoms with Gasteiger partial charge < -0.3 is 10.5 Å². The lowest BCUT2D eigenvalue weighted by Crippen LogP contribution is -2.23. The summed E-state index contributed by atoms with van der Waals surface area (Å²) in [7, 11) is 0. The topological polar surface area (TPSA) is 78.9 Å². The lowest BCUT2D eigenvalue weighted by atomic mass is 9.89. The van der Waals surface area contributed by atoms with Crippen LogP contribution in [0, 0.1) is 5.92 Å². The van der Waals surface area contributed by atoms with Crippen LogP contribution >= 0.6 is 0 Å². The molecule has 6 nitrogen and oxygen atoms in total. The van der Waals surface area contributed by atoms with Crippen LogP contribution in [0.2, 0.25) is 0 Å². The molecule has 1 aromatic rings. The molecule has 2 aliphatic rings. The average molecular weight is 195 g/mol. The van der Waals surface area contributed by atoms with Gasteiger partial charge >= 0.3 is 0 Å². The second-order valence-electron chi connectivity index (χ2n) is 4.09. The number of hydrogen-bond acceptors (Lipinski definition) is 5. The third-order valence-corrected chi connectivity index (χ3v) is 3.20. The van der Waals surface area contributed by atoms with E-state index in [4.69, 9.17) is 10.5 Å². The van der Waals surface area contributed by atoms with Gasteiger partial charge in [-0.15, -0.1) is 0 Å². The van der Waals surface area contributed by atoms with Crippen molar-refractivity contribution in [2.45, 2.75) is 38.0 Å². The number of ether oxygens (including phenoxy) is 1. The second-order valence-corrected chi connectivity index (χ2v) is 4.09. The molecular weight excluding hydrogens is 182 g/mol. The van der Waals surface area contributed by atoms with Crippen molar-refractivity contribution < 1.29 is 4.74 Å². The molecule has 0 aromatic carbocycles. The maximum atomic E-state index is 5.75. The van der Waals surface area contributed by atoms with E-state index < -0.39 is 0 Å². The number of aromatic nitrogens is 4. The molecule has 2 fully saturated rings. The molecule has 2 N–H and O–H groups in total. The molecule has 76 valence electrons. The Bertz CT molecular complexity index is 338. The molecule has 0 saturated carbocycles. The molecule has 3 unspecified atom stereocenters. The van der Waals surface area contributed by atoms with Gasteiger partial charge in [-0.1, -0.05) is 5.10 Å². The van der Waals surface area contributed by atoms with Crippen LogP contribution in [0.1, 0.15) is 19.3 Å². The van der Waals surface area contributed by atoms with Crippen molar-refractivity contribution >= 4 is 5.95 Å². The highest BCUT2D eigenvalue weighted by atomic mass is 16.5. The number of rotatable bonds is 2. The Morgan fingerprint density at radius 1 is 1.50 bits per heavy atom. The normalized spacial score (nSPS) is 35.3. The van der Waals surface area contributed by atoms with Gasteiger partial charge in [-0.25, -0.2) is 4.68 Å². The fraction of sp³-hybridized carbons (Fsp3) is 0.875. The third kappa shape index (κ3) is 1.18. The molecule has 2 aliphatic heterocycles. The first-order valence-electron chi connectivity index (χ1n) is 5.00. The minimum Gasteiger partial charge on any atom is -0.375 e. The molecule has 3 heterocycles. The van der Waals surface area contributed by atoms with E-state index in [-0.39, 0.29) is 0 Å². The zero-order valence-electron chi connectivity index (χ0n) is 7.83. The summed E-state index contributed by atoms with van der Waals surface area (Å²) in [5.74, 6) is 0.937. The van der Waals surface area contributed by atoms with E-state index in [0.717, 1.165) is 13.0 Å². The molecule has 1 aromatic heterocycles. The second kappa shape index (κ2) is 2.91. The monoisotopic (exact) mass is 195 g/mol. The Kier molecular flexibility index (Phi) is 1.70. The minimum atomic E-state index is 0.396. The zero-order chi connectivity index (χ0) is 9.54. The van der Waals surface area contributed by atoms with Gasteiger partial charge in [0.05, 0.1) is 18.8 Å². The Morgan fingerprint density at radius 3 is 3.00 bits per heavy atom. The number of nitrogens with two attached hydrogens (primary N) is 1. The van der Waals surface area contributed by atoms with Crippen molar-refractivity contribution in [3.8, 4) is 0 Å². The van der Waals surface area contributed by atoms with Crippen LogP contribution in [0.15, 0.2) is 0 Å². The van der Waals surface area contributed by atoms with E-state index in [9.17, 15) is 0 Å². The van der Waals surface area contributed by atoms with Crippen LogP contribution in [-0.4, -0.2) is 32.4 Å². The van der Waals surface area contributed by atoms with Gasteiger partial charge in [0.1, 0.15) is 0 Å². The summed E-state index contributed by atoms with van der Waals surface area (Å²) in [4.78, 5) is 0. The molecule has 0 aliphatic carbocycles. The lowest BCUT2D eigenvalue weighted by molar-refractivity contribution is 0.0893. The van der Waals surface area contributed by atoms with E-state index >= 15 is 0 Å². The number of hydrogen-bond donors (Lipinski definition) is 1. The zero-order valence-corrected chi connectivity index (χ0v) is 7.83. The largest absolute Gasteiger partial charge is 0.375 e. The molecule has 0 amide bonds. The molecule has 0 spiro atoms. The first kappa shape index (κ1) is 8.16. The Labute approximate surface area is 81.4 Å². The summed E-state index contributed by atoms with van der Waals surface area (Å²) in [5.41, 5.74) is 5.60. The maximum Gasteiger partial charge on any atom is 0.240 e. The molecule has 3 rings (SSSR count). The molecule has 14 heavy (non-hydrogen) atoms. The summed E-state index contributed by atoms with van der Waals surface area (Å²) in [6, 6.07) is 0. The van der Waals surface area contributed by atoms with Crippen molar-refractivity contribution in [3.05, 3.63) is 0 Å². The number of anilines is 1. The predicted molar refractivity (Wildman–Crippen MR) is 48.2 cm³/mol. The van der Waals surface area contributed by atoms with Gasteiger partial charge in [0.15, 0.2) is 0 Å². The van der Waals surface area contributed by atoms with E-state index in [1.54, 1.807) is 4.68 Å². The number of nitrogens with zero attached hydrogens (tertiary/aromatic N) is 4. The fourth-order valence-corrected chi connectivity index (χ4v) is 2.50. The van der Waals surface area contributed by atoms with Gasteiger partial charge in [0.25, 0.3) is 0 Å². The number of nitrogen functional groups attached to an aromatic ring is 1. The number of fused-ring (bicyclic) bond motifs is 2. The van der Waals surface area contributed by atoms with Crippen molar-refractivity contribution in [1.29, 1.82) is 0 Å². The van der Waals surface area contributed by atoms with Gasteiger partial charge in [-0.2, -0.15) is 0 Å². The standard InChI is InChI=1S/C8H13N5O/c9-8-10-11-12-13(8)4-5-3-6-1-2-7(5)14-6/h5-7H,1-4H2,(H2,9,10,12). The molecule has 2 saturated heterocycles. The van der Waals surface area contributed by atoms with Gasteiger partial charge in [0, 0.05) is 5.92 Å². The minimum absolute atomic E-state index is 0.396. The van der Waals surface area contributed by atoms with E-state index in [0.29, 0.717) is 24.1 Å². The predicted octanol–water partition coefficient (Wildman–Crippen LogP) is -0.177. The first-order chi connectivity index (χ1) is 6.83. The molecule has 2 bridgehead atoms. The average Bonchev–Trinajstić information content (AvgIpc) is 2.83. The maximum absolute atomic E-state index is 5.75. The quantitative estimate of drug-likeness (QED) is 0.708. The highest BCUT2D eigenvalue weighted by Crippen LogP contribution is 2.39. The van der Waals surface area contributed by atoms with Crippen LogP contribution in [0.3, 0.4) is 0 Å². The van der Waals surface area contributed by atoms with Gasteiger partial charge in [-0.3, -0.25) is 0 Å². The lowest BCUT2D eigenvalue weighted by Gasteiger charge is -2.17. The summed E-state index contributed by atoms with van der Waals surface area (Å²) >= 11 is 0. The fourth-order valence-electron chi connectivity index (χ4n) is 2.50. The van der Waals surface area contributed by atoms with E-state index in [2.05, 4.69) is 15.5 Å². The molecule has 0 radical (unpaired) electrons. The van der Waals surface area contributed by atoms with Crippen LogP contribution < -0.4 is 5.73 Å². The van der Waals surface area contributed by atoms with Crippen LogP contribution in [0.5, 0.6) is 0 Å².